The zero-order chi connectivity index (χ0) is 32.6. The minimum Gasteiger partial charge on any atom is -0.490 e. The lowest BCUT2D eigenvalue weighted by Gasteiger charge is -2.23. The first kappa shape index (κ1) is 33.2. The molecule has 0 saturated heterocycles. The van der Waals surface area contributed by atoms with Gasteiger partial charge in [0.1, 0.15) is 23.4 Å². The summed E-state index contributed by atoms with van der Waals surface area (Å²) in [5.74, 6) is -5.43. The van der Waals surface area contributed by atoms with Gasteiger partial charge in [-0.15, -0.1) is 0 Å². The molecule has 1 atom stereocenters. The SMILES string of the molecule is CCOc1cc(C(Nc2ccc(C(=N)N)c(OC(=O)C(F)(F)F)c2)C(=O)NNC(=O)c2ccc(F)cc2)ccc1OC(C)C. The van der Waals surface area contributed by atoms with Crippen molar-refractivity contribution >= 4 is 29.3 Å². The summed E-state index contributed by atoms with van der Waals surface area (Å²) in [6.45, 7) is 5.59. The number of carbonyl (C=O) groups excluding carboxylic acids is 3. The van der Waals surface area contributed by atoms with Crippen LogP contribution in [0.5, 0.6) is 17.2 Å². The van der Waals surface area contributed by atoms with Crippen molar-refractivity contribution in [3.05, 3.63) is 83.2 Å². The molecule has 3 rings (SSSR count). The van der Waals surface area contributed by atoms with Gasteiger partial charge in [-0.25, -0.2) is 9.18 Å². The molecule has 0 bridgehead atoms. The number of rotatable bonds is 11. The Kier molecular flexibility index (Phi) is 10.7. The molecule has 0 heterocycles. The van der Waals surface area contributed by atoms with Crippen LogP contribution in [0.1, 0.15) is 48.3 Å². The van der Waals surface area contributed by atoms with Gasteiger partial charge in [0, 0.05) is 17.3 Å². The number of ether oxygens (including phenoxy) is 3. The van der Waals surface area contributed by atoms with Crippen molar-refractivity contribution in [2.45, 2.75) is 39.1 Å². The van der Waals surface area contributed by atoms with Crippen molar-refractivity contribution in [1.82, 2.24) is 10.9 Å². The Morgan fingerprint density at radius 2 is 1.61 bits per heavy atom. The summed E-state index contributed by atoms with van der Waals surface area (Å²) in [5.41, 5.74) is 9.89. The molecule has 0 saturated carbocycles. The number of anilines is 1. The third-order valence-electron chi connectivity index (χ3n) is 5.65. The Balaban J connectivity index is 1.99. The summed E-state index contributed by atoms with van der Waals surface area (Å²) in [6.07, 6.45) is -5.55. The van der Waals surface area contributed by atoms with Crippen LogP contribution in [0.15, 0.2) is 60.7 Å². The number of esters is 1. The second kappa shape index (κ2) is 14.2. The largest absolute Gasteiger partial charge is 0.491 e. The number of alkyl halides is 3. The molecule has 3 aromatic carbocycles. The van der Waals surface area contributed by atoms with Crippen LogP contribution < -0.4 is 36.1 Å². The molecule has 44 heavy (non-hydrogen) atoms. The summed E-state index contributed by atoms with van der Waals surface area (Å²) in [6, 6.07) is 11.1. The van der Waals surface area contributed by atoms with Crippen molar-refractivity contribution in [2.75, 3.05) is 11.9 Å². The molecule has 0 radical (unpaired) electrons. The van der Waals surface area contributed by atoms with Gasteiger partial charge in [0.05, 0.1) is 18.3 Å². The van der Waals surface area contributed by atoms with Crippen LogP contribution in [0.2, 0.25) is 0 Å². The van der Waals surface area contributed by atoms with E-state index in [0.717, 1.165) is 24.3 Å². The molecule has 0 aliphatic carbocycles. The Morgan fingerprint density at radius 1 is 0.932 bits per heavy atom. The van der Waals surface area contributed by atoms with Crippen LogP contribution in [0, 0.1) is 11.2 Å². The summed E-state index contributed by atoms with van der Waals surface area (Å²) < 4.78 is 67.9. The van der Waals surface area contributed by atoms with Crippen LogP contribution in [-0.4, -0.2) is 42.5 Å². The molecule has 0 fully saturated rings. The van der Waals surface area contributed by atoms with E-state index in [1.54, 1.807) is 26.8 Å². The highest BCUT2D eigenvalue weighted by molar-refractivity contribution is 5.99. The standard InChI is InChI=1S/C29H29F4N5O6/c1-4-42-23-13-17(7-12-21(23)43-15(2)3)24(27(40)38-37-26(39)16-5-8-18(30)9-6-16)36-19-10-11-20(25(34)35)22(14-19)44-28(41)29(31,32)33/h5-15,24,36H,4H2,1-3H3,(H3,34,35)(H,37,39)(H,38,40). The number of benzene rings is 3. The highest BCUT2D eigenvalue weighted by Crippen LogP contribution is 2.34. The van der Waals surface area contributed by atoms with Gasteiger partial charge in [-0.3, -0.25) is 25.8 Å². The first-order valence-electron chi connectivity index (χ1n) is 13.0. The normalized spacial score (nSPS) is 11.7. The van der Waals surface area contributed by atoms with E-state index < -0.39 is 47.4 Å². The lowest BCUT2D eigenvalue weighted by Crippen LogP contribution is -2.45. The van der Waals surface area contributed by atoms with Crippen LogP contribution in [0.3, 0.4) is 0 Å². The molecule has 15 heteroatoms. The van der Waals surface area contributed by atoms with Crippen LogP contribution in [0.4, 0.5) is 23.2 Å². The minimum absolute atomic E-state index is 0.0227. The lowest BCUT2D eigenvalue weighted by atomic mass is 10.0. The maximum absolute atomic E-state index is 13.4. The second-order valence-electron chi connectivity index (χ2n) is 9.35. The first-order chi connectivity index (χ1) is 20.7. The van der Waals surface area contributed by atoms with Gasteiger partial charge in [0.25, 0.3) is 11.8 Å². The number of nitrogen functional groups attached to an aromatic ring is 1. The quantitative estimate of drug-likeness (QED) is 0.0527. The van der Waals surface area contributed by atoms with Crippen molar-refractivity contribution in [3.8, 4) is 17.2 Å². The Hall–Kier alpha value is -5.34. The van der Waals surface area contributed by atoms with E-state index >= 15 is 0 Å². The Labute approximate surface area is 249 Å². The number of nitrogens with two attached hydrogens (primary N) is 1. The molecule has 0 aliphatic heterocycles. The molecule has 2 amide bonds. The number of amidine groups is 1. The van der Waals surface area contributed by atoms with Gasteiger partial charge in [-0.05, 0) is 74.9 Å². The summed E-state index contributed by atoms with van der Waals surface area (Å²) in [4.78, 5) is 37.5. The fraction of sp³-hybridized carbons (Fsp3) is 0.241. The lowest BCUT2D eigenvalue weighted by molar-refractivity contribution is -0.189. The third kappa shape index (κ3) is 8.83. The summed E-state index contributed by atoms with van der Waals surface area (Å²) >= 11 is 0. The highest BCUT2D eigenvalue weighted by atomic mass is 19.4. The number of carbonyl (C=O) groups is 3. The number of hydrazine groups is 1. The number of halogens is 4. The van der Waals surface area contributed by atoms with E-state index in [1.807, 2.05) is 0 Å². The first-order valence-corrected chi connectivity index (χ1v) is 13.0. The number of nitrogens with one attached hydrogen (secondary N) is 4. The predicted octanol–water partition coefficient (Wildman–Crippen LogP) is 4.38. The fourth-order valence-electron chi connectivity index (χ4n) is 3.73. The molecule has 1 unspecified atom stereocenters. The molecule has 0 spiro atoms. The highest BCUT2D eigenvalue weighted by Gasteiger charge is 2.42. The molecule has 0 aliphatic rings. The average Bonchev–Trinajstić information content (AvgIpc) is 2.95. The zero-order valence-corrected chi connectivity index (χ0v) is 23.7. The topological polar surface area (TPSA) is 165 Å². The van der Waals surface area contributed by atoms with E-state index in [0.29, 0.717) is 5.75 Å². The van der Waals surface area contributed by atoms with Crippen LogP contribution in [-0.2, 0) is 9.59 Å². The molecule has 11 nitrogen and oxygen atoms in total. The molecule has 0 aromatic heterocycles. The number of hydrogen-bond donors (Lipinski definition) is 5. The molecule has 6 N–H and O–H groups in total. The van der Waals surface area contributed by atoms with E-state index in [-0.39, 0.29) is 40.8 Å². The Morgan fingerprint density at radius 3 is 2.20 bits per heavy atom. The van der Waals surface area contributed by atoms with E-state index in [2.05, 4.69) is 20.9 Å². The maximum Gasteiger partial charge on any atom is 0.491 e. The van der Waals surface area contributed by atoms with Crippen LogP contribution >= 0.6 is 0 Å². The smallest absolute Gasteiger partial charge is 0.490 e. The molecule has 3 aromatic rings. The van der Waals surface area contributed by atoms with Crippen molar-refractivity contribution in [1.29, 1.82) is 5.41 Å². The van der Waals surface area contributed by atoms with Crippen LogP contribution in [0.25, 0.3) is 0 Å². The van der Waals surface area contributed by atoms with Gasteiger partial charge in [0.15, 0.2) is 11.5 Å². The monoisotopic (exact) mass is 619 g/mol. The van der Waals surface area contributed by atoms with Gasteiger partial charge >= 0.3 is 12.1 Å². The minimum atomic E-state index is -5.34. The zero-order valence-electron chi connectivity index (χ0n) is 23.7. The number of hydrogen-bond acceptors (Lipinski definition) is 8. The Bertz CT molecular complexity index is 1530. The predicted molar refractivity (Wildman–Crippen MR) is 151 cm³/mol. The summed E-state index contributed by atoms with van der Waals surface area (Å²) in [5, 5.41) is 10.5. The maximum atomic E-state index is 13.4. The molecular weight excluding hydrogens is 590 g/mol. The van der Waals surface area contributed by atoms with Crippen molar-refractivity contribution < 1.29 is 46.2 Å². The summed E-state index contributed by atoms with van der Waals surface area (Å²) in [7, 11) is 0. The van der Waals surface area contributed by atoms with Gasteiger partial charge < -0.3 is 25.3 Å². The van der Waals surface area contributed by atoms with Crippen molar-refractivity contribution in [3.63, 3.8) is 0 Å². The van der Waals surface area contributed by atoms with Gasteiger partial charge in [-0.1, -0.05) is 6.07 Å². The number of amides is 2. The molecular formula is C29H29F4N5O6. The van der Waals surface area contributed by atoms with Gasteiger partial charge in [0.2, 0.25) is 0 Å². The molecule has 234 valence electrons. The third-order valence-corrected chi connectivity index (χ3v) is 5.65. The van der Waals surface area contributed by atoms with E-state index in [9.17, 15) is 31.9 Å². The second-order valence-corrected chi connectivity index (χ2v) is 9.35. The van der Waals surface area contributed by atoms with Crippen molar-refractivity contribution in [2.24, 2.45) is 5.73 Å². The average molecular weight is 620 g/mol. The van der Waals surface area contributed by atoms with E-state index in [4.69, 9.17) is 20.6 Å². The fourth-order valence-corrected chi connectivity index (χ4v) is 3.73. The van der Waals surface area contributed by atoms with Gasteiger partial charge in [-0.2, -0.15) is 13.2 Å². The van der Waals surface area contributed by atoms with E-state index in [1.165, 1.54) is 30.3 Å².